The van der Waals surface area contributed by atoms with E-state index in [0.29, 0.717) is 10.9 Å². The summed E-state index contributed by atoms with van der Waals surface area (Å²) < 4.78 is 0. The van der Waals surface area contributed by atoms with Crippen molar-refractivity contribution >= 4 is 34.8 Å². The molecule has 1 saturated heterocycles. The highest BCUT2D eigenvalue weighted by atomic mass is 35.5. The molecule has 0 spiro atoms. The van der Waals surface area contributed by atoms with Gasteiger partial charge >= 0.3 is 0 Å². The molecule has 2 N–H and O–H groups in total. The average molecular weight is 451 g/mol. The Balaban J connectivity index is 1.56. The summed E-state index contributed by atoms with van der Waals surface area (Å²) in [5, 5.41) is 14.3. The van der Waals surface area contributed by atoms with Crippen LogP contribution in [-0.2, 0) is 10.3 Å². The second-order valence-electron chi connectivity index (χ2n) is 8.54. The molecule has 2 aromatic heterocycles. The second-order valence-corrected chi connectivity index (χ2v) is 9.89. The minimum absolute atomic E-state index is 0.0789. The zero-order chi connectivity index (χ0) is 21.8. The molecule has 1 aromatic carbocycles. The van der Waals surface area contributed by atoms with Crippen LogP contribution in [0.15, 0.2) is 54.2 Å². The molecule has 1 saturated carbocycles. The Morgan fingerprint density at radius 3 is 2.55 bits per heavy atom. The molecule has 0 bridgehead atoms. The van der Waals surface area contributed by atoms with Gasteiger partial charge in [0.1, 0.15) is 0 Å². The molecule has 3 aromatic rings. The first-order valence-electron chi connectivity index (χ1n) is 10.3. The molecule has 0 radical (unpaired) electrons. The van der Waals surface area contributed by atoms with E-state index in [1.54, 1.807) is 30.8 Å². The maximum Gasteiger partial charge on any atom is 0.239 e. The molecule has 1 aliphatic carbocycles. The van der Waals surface area contributed by atoms with E-state index in [1.807, 2.05) is 13.0 Å². The number of nitrogens with zero attached hydrogens (tertiary/aromatic N) is 2. The number of aromatic nitrogens is 1. The van der Waals surface area contributed by atoms with Gasteiger partial charge in [-0.3, -0.25) is 20.1 Å². The summed E-state index contributed by atoms with van der Waals surface area (Å²) in [7, 11) is 1.65. The topological polar surface area (TPSA) is 69.1 Å². The van der Waals surface area contributed by atoms with Crippen LogP contribution in [0.3, 0.4) is 0 Å². The average Bonchev–Trinajstić information content (AvgIpc) is 3.48. The Bertz CT molecular complexity index is 1170. The molecule has 5 nitrogen and oxygen atoms in total. The van der Waals surface area contributed by atoms with E-state index in [2.05, 4.69) is 46.0 Å². The fourth-order valence-corrected chi connectivity index (χ4v) is 5.58. The van der Waals surface area contributed by atoms with Crippen molar-refractivity contribution in [1.29, 1.82) is 5.41 Å². The summed E-state index contributed by atoms with van der Waals surface area (Å²) in [6.07, 6.45) is 5.89. The van der Waals surface area contributed by atoms with Gasteiger partial charge in [-0.1, -0.05) is 35.9 Å². The number of carbonyl (C=O) groups excluding carboxylic acids is 1. The summed E-state index contributed by atoms with van der Waals surface area (Å²) in [6.45, 7) is 2.01. The first-order valence-corrected chi connectivity index (χ1v) is 11.6. The molecule has 1 unspecified atom stereocenters. The number of amides is 1. The van der Waals surface area contributed by atoms with Crippen LogP contribution in [0.5, 0.6) is 0 Å². The molecular weight excluding hydrogens is 428 g/mol. The van der Waals surface area contributed by atoms with Crippen molar-refractivity contribution in [3.8, 4) is 11.1 Å². The van der Waals surface area contributed by atoms with Crippen LogP contribution >= 0.6 is 22.9 Å². The quantitative estimate of drug-likeness (QED) is 0.564. The van der Waals surface area contributed by atoms with Crippen molar-refractivity contribution in [3.63, 3.8) is 0 Å². The number of pyridine rings is 1. The molecule has 2 fully saturated rings. The predicted molar refractivity (Wildman–Crippen MR) is 125 cm³/mol. The van der Waals surface area contributed by atoms with Gasteiger partial charge in [0.15, 0.2) is 5.96 Å². The SMILES string of the molecule is CN1C(=N)N[C@](C)(c2cc(-c3cncc(Cl)c3)cs2)C(c2ccc(C3CC3)cc2)C1=O. The van der Waals surface area contributed by atoms with Crippen LogP contribution in [0.1, 0.15) is 47.6 Å². The van der Waals surface area contributed by atoms with Crippen LogP contribution in [0.2, 0.25) is 5.02 Å². The van der Waals surface area contributed by atoms with Crippen molar-refractivity contribution in [3.05, 3.63) is 75.2 Å². The molecule has 2 atom stereocenters. The van der Waals surface area contributed by atoms with Gasteiger partial charge < -0.3 is 5.32 Å². The molecule has 5 rings (SSSR count). The second kappa shape index (κ2) is 7.46. The highest BCUT2D eigenvalue weighted by Crippen LogP contribution is 2.45. The monoisotopic (exact) mass is 450 g/mol. The van der Waals surface area contributed by atoms with Crippen molar-refractivity contribution in [2.45, 2.75) is 37.1 Å². The number of hydrogen-bond donors (Lipinski definition) is 2. The van der Waals surface area contributed by atoms with Crippen LogP contribution in [0, 0.1) is 5.41 Å². The Morgan fingerprint density at radius 1 is 1.16 bits per heavy atom. The summed E-state index contributed by atoms with van der Waals surface area (Å²) >= 11 is 7.70. The molecule has 2 aliphatic rings. The summed E-state index contributed by atoms with van der Waals surface area (Å²) in [5.74, 6) is 0.258. The molecule has 1 aliphatic heterocycles. The van der Waals surface area contributed by atoms with Gasteiger partial charge in [-0.05, 0) is 59.9 Å². The molecule has 7 heteroatoms. The van der Waals surface area contributed by atoms with Gasteiger partial charge in [0.25, 0.3) is 0 Å². The van der Waals surface area contributed by atoms with E-state index in [9.17, 15) is 4.79 Å². The van der Waals surface area contributed by atoms with Crippen LogP contribution in [-0.4, -0.2) is 28.8 Å². The lowest BCUT2D eigenvalue weighted by atomic mass is 9.76. The predicted octanol–water partition coefficient (Wildman–Crippen LogP) is 5.34. The number of guanidine groups is 1. The van der Waals surface area contributed by atoms with E-state index in [1.165, 1.54) is 23.3 Å². The molecular formula is C24H23ClN4OS. The Kier molecular flexibility index (Phi) is 4.87. The number of hydrogen-bond acceptors (Lipinski definition) is 4. The minimum atomic E-state index is -0.739. The van der Waals surface area contributed by atoms with Gasteiger partial charge in [-0.25, -0.2) is 0 Å². The van der Waals surface area contributed by atoms with Crippen molar-refractivity contribution in [1.82, 2.24) is 15.2 Å². The molecule has 31 heavy (non-hydrogen) atoms. The van der Waals surface area contributed by atoms with Gasteiger partial charge in [0.2, 0.25) is 5.91 Å². The number of nitrogens with one attached hydrogen (secondary N) is 2. The Hall–Kier alpha value is -2.70. The van der Waals surface area contributed by atoms with Crippen LogP contribution in [0.25, 0.3) is 11.1 Å². The van der Waals surface area contributed by atoms with E-state index in [-0.39, 0.29) is 11.9 Å². The number of carbonyl (C=O) groups is 1. The lowest BCUT2D eigenvalue weighted by molar-refractivity contribution is -0.131. The molecule has 1 amide bonds. The summed E-state index contributed by atoms with van der Waals surface area (Å²) in [5.41, 5.74) is 3.49. The smallest absolute Gasteiger partial charge is 0.239 e. The van der Waals surface area contributed by atoms with Crippen LogP contribution in [0.4, 0.5) is 0 Å². The minimum Gasteiger partial charge on any atom is -0.345 e. The number of thiophene rings is 1. The number of halogens is 1. The van der Waals surface area contributed by atoms with Crippen molar-refractivity contribution < 1.29 is 4.79 Å². The lowest BCUT2D eigenvalue weighted by Crippen LogP contribution is -2.62. The first kappa shape index (κ1) is 20.2. The molecule has 3 heterocycles. The normalized spacial score (nSPS) is 23.7. The Morgan fingerprint density at radius 2 is 1.87 bits per heavy atom. The summed E-state index contributed by atoms with van der Waals surface area (Å²) in [6, 6.07) is 12.4. The highest BCUT2D eigenvalue weighted by molar-refractivity contribution is 7.10. The number of likely N-dealkylation sites (N-methyl/N-ethyl adjacent to an activating group) is 1. The van der Waals surface area contributed by atoms with E-state index in [0.717, 1.165) is 21.6 Å². The third-order valence-electron chi connectivity index (χ3n) is 6.34. The zero-order valence-electron chi connectivity index (χ0n) is 17.4. The fraction of sp³-hybridized carbons (Fsp3) is 0.292. The van der Waals surface area contributed by atoms with Crippen molar-refractivity contribution in [2.24, 2.45) is 0 Å². The fourth-order valence-electron chi connectivity index (χ4n) is 4.34. The first-order chi connectivity index (χ1) is 14.9. The third kappa shape index (κ3) is 3.54. The van der Waals surface area contributed by atoms with E-state index in [4.69, 9.17) is 17.0 Å². The third-order valence-corrected chi connectivity index (χ3v) is 7.71. The number of benzene rings is 1. The Labute approximate surface area is 190 Å². The van der Waals surface area contributed by atoms with Gasteiger partial charge in [-0.2, -0.15) is 0 Å². The lowest BCUT2D eigenvalue weighted by Gasteiger charge is -2.45. The maximum absolute atomic E-state index is 13.4. The van der Waals surface area contributed by atoms with E-state index >= 15 is 0 Å². The summed E-state index contributed by atoms with van der Waals surface area (Å²) in [4.78, 5) is 20.0. The van der Waals surface area contributed by atoms with E-state index < -0.39 is 11.5 Å². The highest BCUT2D eigenvalue weighted by Gasteiger charge is 2.49. The standard InChI is InChI=1S/C24H23ClN4OS/c1-24(20-10-18(13-31-20)17-9-19(25)12-27-11-17)21(22(30)29(2)23(26)28-24)16-7-5-15(6-8-16)14-3-4-14/h5-14,21H,3-4H2,1-2H3,(H2,26,28)/t21?,24-/m1/s1. The maximum atomic E-state index is 13.4. The van der Waals surface area contributed by atoms with Crippen LogP contribution < -0.4 is 5.32 Å². The van der Waals surface area contributed by atoms with Gasteiger partial charge in [0, 0.05) is 29.9 Å². The molecule has 158 valence electrons. The van der Waals surface area contributed by atoms with Crippen molar-refractivity contribution in [2.75, 3.05) is 7.05 Å². The largest absolute Gasteiger partial charge is 0.345 e. The zero-order valence-corrected chi connectivity index (χ0v) is 18.9. The van der Waals surface area contributed by atoms with Gasteiger partial charge in [0.05, 0.1) is 16.5 Å². The number of rotatable bonds is 4. The van der Waals surface area contributed by atoms with Gasteiger partial charge in [-0.15, -0.1) is 11.3 Å².